The third-order valence-electron chi connectivity index (χ3n) is 2.66. The summed E-state index contributed by atoms with van der Waals surface area (Å²) in [5.74, 6) is -0.303. The molecule has 0 fully saturated rings. The van der Waals surface area contributed by atoms with E-state index in [0.29, 0.717) is 19.6 Å². The molecule has 0 saturated carbocycles. The Morgan fingerprint density at radius 1 is 1.40 bits per heavy atom. The number of aliphatic carboxylic acids is 1. The SMILES string of the molecule is CCC(NC(=O)NCCOc1cccc(C)c1)C(=O)O. The molecule has 1 unspecified atom stereocenters. The summed E-state index contributed by atoms with van der Waals surface area (Å²) in [5.41, 5.74) is 1.10. The fourth-order valence-corrected chi connectivity index (χ4v) is 1.59. The van der Waals surface area contributed by atoms with Crippen molar-refractivity contribution in [1.82, 2.24) is 10.6 Å². The second-order valence-corrected chi connectivity index (χ2v) is 4.36. The van der Waals surface area contributed by atoms with Crippen LogP contribution in [0.2, 0.25) is 0 Å². The molecule has 110 valence electrons. The lowest BCUT2D eigenvalue weighted by Crippen LogP contribution is -2.46. The van der Waals surface area contributed by atoms with Gasteiger partial charge in [-0.1, -0.05) is 19.1 Å². The first-order valence-electron chi connectivity index (χ1n) is 6.49. The van der Waals surface area contributed by atoms with Crippen LogP contribution in [0, 0.1) is 6.92 Å². The van der Waals surface area contributed by atoms with Gasteiger partial charge in [-0.3, -0.25) is 0 Å². The van der Waals surface area contributed by atoms with E-state index in [1.807, 2.05) is 31.2 Å². The van der Waals surface area contributed by atoms with Crippen molar-refractivity contribution in [2.24, 2.45) is 0 Å². The van der Waals surface area contributed by atoms with Crippen molar-refractivity contribution in [3.63, 3.8) is 0 Å². The van der Waals surface area contributed by atoms with Gasteiger partial charge in [0.1, 0.15) is 18.4 Å². The number of hydrogen-bond donors (Lipinski definition) is 3. The van der Waals surface area contributed by atoms with Gasteiger partial charge in [0.25, 0.3) is 0 Å². The summed E-state index contributed by atoms with van der Waals surface area (Å²) < 4.78 is 5.46. The molecular formula is C14H20N2O4. The molecule has 0 aromatic heterocycles. The van der Waals surface area contributed by atoms with E-state index in [9.17, 15) is 9.59 Å². The number of carboxylic acid groups (broad SMARTS) is 1. The Labute approximate surface area is 118 Å². The Morgan fingerprint density at radius 3 is 2.75 bits per heavy atom. The molecule has 3 N–H and O–H groups in total. The van der Waals surface area contributed by atoms with Crippen molar-refractivity contribution < 1.29 is 19.4 Å². The summed E-state index contributed by atoms with van der Waals surface area (Å²) in [7, 11) is 0. The van der Waals surface area contributed by atoms with Crippen LogP contribution in [0.1, 0.15) is 18.9 Å². The van der Waals surface area contributed by atoms with E-state index < -0.39 is 18.0 Å². The van der Waals surface area contributed by atoms with Crippen LogP contribution in [0.5, 0.6) is 5.75 Å². The number of nitrogens with one attached hydrogen (secondary N) is 2. The van der Waals surface area contributed by atoms with Gasteiger partial charge in [-0.25, -0.2) is 9.59 Å². The van der Waals surface area contributed by atoms with Gasteiger partial charge in [0.2, 0.25) is 0 Å². The monoisotopic (exact) mass is 280 g/mol. The van der Waals surface area contributed by atoms with Crippen molar-refractivity contribution in [2.45, 2.75) is 26.3 Å². The van der Waals surface area contributed by atoms with E-state index >= 15 is 0 Å². The Hall–Kier alpha value is -2.24. The van der Waals surface area contributed by atoms with E-state index in [1.165, 1.54) is 0 Å². The lowest BCUT2D eigenvalue weighted by molar-refractivity contribution is -0.139. The van der Waals surface area contributed by atoms with E-state index in [0.717, 1.165) is 11.3 Å². The lowest BCUT2D eigenvalue weighted by Gasteiger charge is -2.13. The summed E-state index contributed by atoms with van der Waals surface area (Å²) in [6.07, 6.45) is 0.336. The van der Waals surface area contributed by atoms with E-state index in [4.69, 9.17) is 9.84 Å². The third kappa shape index (κ3) is 5.60. The number of aryl methyl sites for hydroxylation is 1. The van der Waals surface area contributed by atoms with Crippen LogP contribution in [0.25, 0.3) is 0 Å². The fraction of sp³-hybridized carbons (Fsp3) is 0.429. The highest BCUT2D eigenvalue weighted by Gasteiger charge is 2.16. The fourth-order valence-electron chi connectivity index (χ4n) is 1.59. The number of carboxylic acids is 1. The average molecular weight is 280 g/mol. The molecule has 20 heavy (non-hydrogen) atoms. The first-order chi connectivity index (χ1) is 9.52. The van der Waals surface area contributed by atoms with Crippen molar-refractivity contribution >= 4 is 12.0 Å². The minimum atomic E-state index is -1.04. The number of amides is 2. The summed E-state index contributed by atoms with van der Waals surface area (Å²) in [4.78, 5) is 22.2. The third-order valence-corrected chi connectivity index (χ3v) is 2.66. The Balaban J connectivity index is 2.24. The van der Waals surface area contributed by atoms with Crippen molar-refractivity contribution in [3.8, 4) is 5.75 Å². The maximum absolute atomic E-state index is 11.4. The predicted molar refractivity (Wildman–Crippen MR) is 74.9 cm³/mol. The highest BCUT2D eigenvalue weighted by Crippen LogP contribution is 2.11. The average Bonchev–Trinajstić information content (AvgIpc) is 2.40. The van der Waals surface area contributed by atoms with Gasteiger partial charge in [0.15, 0.2) is 0 Å². The molecule has 1 aromatic rings. The van der Waals surface area contributed by atoms with Crippen LogP contribution < -0.4 is 15.4 Å². The normalized spacial score (nSPS) is 11.5. The number of rotatable bonds is 7. The van der Waals surface area contributed by atoms with Crippen LogP contribution in [-0.4, -0.2) is 36.3 Å². The summed E-state index contributed by atoms with van der Waals surface area (Å²) in [6.45, 7) is 4.28. The second kappa shape index (κ2) is 8.04. The Kier molecular flexibility index (Phi) is 6.36. The number of benzene rings is 1. The molecule has 6 nitrogen and oxygen atoms in total. The molecule has 0 saturated heterocycles. The highest BCUT2D eigenvalue weighted by atomic mass is 16.5. The summed E-state index contributed by atoms with van der Waals surface area (Å²) in [5, 5.41) is 13.7. The number of carbonyl (C=O) groups is 2. The Morgan fingerprint density at radius 2 is 2.15 bits per heavy atom. The molecule has 2 amide bonds. The van der Waals surface area contributed by atoms with Gasteiger partial charge in [0, 0.05) is 0 Å². The summed E-state index contributed by atoms with van der Waals surface area (Å²) >= 11 is 0. The first-order valence-corrected chi connectivity index (χ1v) is 6.49. The van der Waals surface area contributed by atoms with E-state index in [1.54, 1.807) is 6.92 Å². The molecule has 6 heteroatoms. The van der Waals surface area contributed by atoms with Crippen LogP contribution in [-0.2, 0) is 4.79 Å². The molecule has 0 spiro atoms. The van der Waals surface area contributed by atoms with Crippen LogP contribution in [0.15, 0.2) is 24.3 Å². The van der Waals surface area contributed by atoms with Gasteiger partial charge >= 0.3 is 12.0 Å². The van der Waals surface area contributed by atoms with Crippen molar-refractivity contribution in [1.29, 1.82) is 0 Å². The number of carbonyl (C=O) groups excluding carboxylic acids is 1. The molecule has 0 bridgehead atoms. The van der Waals surface area contributed by atoms with Gasteiger partial charge in [-0.05, 0) is 31.0 Å². The zero-order valence-corrected chi connectivity index (χ0v) is 11.7. The smallest absolute Gasteiger partial charge is 0.326 e. The molecule has 0 radical (unpaired) electrons. The van der Waals surface area contributed by atoms with E-state index in [2.05, 4.69) is 10.6 Å². The van der Waals surface area contributed by atoms with Crippen molar-refractivity contribution in [2.75, 3.05) is 13.2 Å². The molecule has 1 atom stereocenters. The van der Waals surface area contributed by atoms with Crippen LogP contribution >= 0.6 is 0 Å². The maximum Gasteiger partial charge on any atom is 0.326 e. The minimum Gasteiger partial charge on any atom is -0.492 e. The highest BCUT2D eigenvalue weighted by molar-refractivity contribution is 5.82. The molecular weight excluding hydrogens is 260 g/mol. The number of ether oxygens (including phenoxy) is 1. The quantitative estimate of drug-likeness (QED) is 0.661. The molecule has 0 aliphatic carbocycles. The Bertz CT molecular complexity index is 462. The molecule has 1 rings (SSSR count). The number of hydrogen-bond acceptors (Lipinski definition) is 3. The van der Waals surface area contributed by atoms with Gasteiger partial charge < -0.3 is 20.5 Å². The maximum atomic E-state index is 11.4. The summed E-state index contributed by atoms with van der Waals surface area (Å²) in [6, 6.07) is 6.22. The van der Waals surface area contributed by atoms with Gasteiger partial charge in [-0.15, -0.1) is 0 Å². The second-order valence-electron chi connectivity index (χ2n) is 4.36. The molecule has 0 heterocycles. The topological polar surface area (TPSA) is 87.7 Å². The van der Waals surface area contributed by atoms with Crippen LogP contribution in [0.4, 0.5) is 4.79 Å². The predicted octanol–water partition coefficient (Wildman–Crippen LogP) is 1.54. The minimum absolute atomic E-state index is 0.301. The lowest BCUT2D eigenvalue weighted by atomic mass is 10.2. The molecule has 0 aliphatic rings. The van der Waals surface area contributed by atoms with E-state index in [-0.39, 0.29) is 0 Å². The first kappa shape index (κ1) is 15.8. The molecule has 0 aliphatic heterocycles. The van der Waals surface area contributed by atoms with Crippen LogP contribution in [0.3, 0.4) is 0 Å². The van der Waals surface area contributed by atoms with Gasteiger partial charge in [-0.2, -0.15) is 0 Å². The number of urea groups is 1. The standard InChI is InChI=1S/C14H20N2O4/c1-3-12(13(17)18)16-14(19)15-7-8-20-11-6-4-5-10(2)9-11/h4-6,9,12H,3,7-8H2,1-2H3,(H,17,18)(H2,15,16,19). The molecule has 1 aromatic carbocycles. The zero-order valence-electron chi connectivity index (χ0n) is 11.7. The van der Waals surface area contributed by atoms with Crippen molar-refractivity contribution in [3.05, 3.63) is 29.8 Å². The van der Waals surface area contributed by atoms with Gasteiger partial charge in [0.05, 0.1) is 6.54 Å². The zero-order chi connectivity index (χ0) is 15.0. The largest absolute Gasteiger partial charge is 0.492 e.